The second-order valence-corrected chi connectivity index (χ2v) is 5.65. The lowest BCUT2D eigenvalue weighted by molar-refractivity contribution is 0.0926. The molecule has 0 saturated carbocycles. The normalized spacial score (nSPS) is 13.9. The first-order valence-electron chi connectivity index (χ1n) is 7.62. The zero-order valence-corrected chi connectivity index (χ0v) is 12.9. The molecule has 0 aliphatic carbocycles. The molecule has 4 nitrogen and oxygen atoms in total. The molecule has 0 radical (unpaired) electrons. The molecule has 23 heavy (non-hydrogen) atoms. The third-order valence-electron chi connectivity index (χ3n) is 4.40. The van der Waals surface area contributed by atoms with Crippen LogP contribution in [0.1, 0.15) is 39.0 Å². The first-order valence-corrected chi connectivity index (χ1v) is 7.62. The minimum Gasteiger partial charge on any atom is -0.459 e. The monoisotopic (exact) mass is 305 g/mol. The van der Waals surface area contributed by atoms with E-state index in [0.717, 1.165) is 23.1 Å². The minimum absolute atomic E-state index is 0.301. The van der Waals surface area contributed by atoms with Crippen LogP contribution in [-0.2, 0) is 6.42 Å². The Morgan fingerprint density at radius 2 is 1.61 bits per heavy atom. The number of hydrogen-bond donors (Lipinski definition) is 0. The van der Waals surface area contributed by atoms with E-state index in [-0.39, 0.29) is 11.8 Å². The van der Waals surface area contributed by atoms with Gasteiger partial charge in [-0.05, 0) is 30.7 Å². The van der Waals surface area contributed by atoms with Crippen LogP contribution >= 0.6 is 0 Å². The van der Waals surface area contributed by atoms with E-state index in [2.05, 4.69) is 0 Å². The van der Waals surface area contributed by atoms with E-state index in [1.807, 2.05) is 26.0 Å². The van der Waals surface area contributed by atoms with Crippen LogP contribution in [-0.4, -0.2) is 11.8 Å². The average molecular weight is 305 g/mol. The molecule has 2 amide bonds. The largest absolute Gasteiger partial charge is 0.459 e. The van der Waals surface area contributed by atoms with Crippen LogP contribution in [0.15, 0.2) is 46.9 Å². The number of anilines is 1. The topological polar surface area (TPSA) is 50.5 Å². The van der Waals surface area contributed by atoms with Crippen molar-refractivity contribution in [3.63, 3.8) is 0 Å². The number of benzene rings is 2. The third kappa shape index (κ3) is 1.78. The van der Waals surface area contributed by atoms with Crippen molar-refractivity contribution >= 4 is 28.5 Å². The lowest BCUT2D eigenvalue weighted by atomic mass is 10.1. The van der Waals surface area contributed by atoms with E-state index in [0.29, 0.717) is 22.4 Å². The molecular weight excluding hydrogens is 290 g/mol. The van der Waals surface area contributed by atoms with E-state index in [1.165, 1.54) is 4.90 Å². The molecule has 2 heterocycles. The highest BCUT2D eigenvalue weighted by Gasteiger charge is 2.37. The van der Waals surface area contributed by atoms with Crippen molar-refractivity contribution < 1.29 is 14.0 Å². The molecule has 0 bridgehead atoms. The van der Waals surface area contributed by atoms with Crippen molar-refractivity contribution in [3.8, 4) is 0 Å². The molecular formula is C19H15NO3. The number of imide groups is 1. The lowest BCUT2D eigenvalue weighted by Gasteiger charge is -2.14. The Morgan fingerprint density at radius 1 is 0.957 bits per heavy atom. The number of carbonyl (C=O) groups excluding carboxylic acids is 2. The Balaban J connectivity index is 1.94. The molecule has 0 fully saturated rings. The zero-order chi connectivity index (χ0) is 16.1. The number of aryl methyl sites for hydroxylation is 2. The summed E-state index contributed by atoms with van der Waals surface area (Å²) in [6.45, 7) is 4.02. The quantitative estimate of drug-likeness (QED) is 0.670. The van der Waals surface area contributed by atoms with Gasteiger partial charge in [0.25, 0.3) is 11.8 Å². The molecule has 0 unspecified atom stereocenters. The van der Waals surface area contributed by atoms with Crippen LogP contribution in [0.3, 0.4) is 0 Å². The summed E-state index contributed by atoms with van der Waals surface area (Å²) in [4.78, 5) is 26.6. The van der Waals surface area contributed by atoms with Crippen LogP contribution in [0.2, 0.25) is 0 Å². The Bertz CT molecular complexity index is 933. The average Bonchev–Trinajstić information content (AvgIpc) is 3.04. The SMILES string of the molecule is CCc1oc2c(N3C(=O)c4ccccc4C3=O)cccc2c1C. The van der Waals surface area contributed by atoms with Gasteiger partial charge < -0.3 is 4.42 Å². The summed E-state index contributed by atoms with van der Waals surface area (Å²) in [5, 5.41) is 0.941. The second kappa shape index (κ2) is 4.81. The van der Waals surface area contributed by atoms with Gasteiger partial charge in [0.15, 0.2) is 5.58 Å². The highest BCUT2D eigenvalue weighted by Crippen LogP contribution is 2.36. The molecule has 1 aromatic heterocycles. The van der Waals surface area contributed by atoms with Gasteiger partial charge in [-0.25, -0.2) is 4.90 Å². The molecule has 0 N–H and O–H groups in total. The first-order chi connectivity index (χ1) is 11.1. The molecule has 4 heteroatoms. The zero-order valence-electron chi connectivity index (χ0n) is 12.9. The molecule has 1 aliphatic rings. The summed E-state index contributed by atoms with van der Waals surface area (Å²) in [6, 6.07) is 12.5. The van der Waals surface area contributed by atoms with Gasteiger partial charge >= 0.3 is 0 Å². The van der Waals surface area contributed by atoms with E-state index in [1.54, 1.807) is 30.3 Å². The summed E-state index contributed by atoms with van der Waals surface area (Å²) >= 11 is 0. The molecule has 114 valence electrons. The number of furan rings is 1. The van der Waals surface area contributed by atoms with Crippen molar-refractivity contribution in [1.29, 1.82) is 0 Å². The number of para-hydroxylation sites is 1. The highest BCUT2D eigenvalue weighted by molar-refractivity contribution is 6.35. The number of nitrogens with zero attached hydrogens (tertiary/aromatic N) is 1. The molecule has 2 aromatic carbocycles. The third-order valence-corrected chi connectivity index (χ3v) is 4.40. The second-order valence-electron chi connectivity index (χ2n) is 5.65. The van der Waals surface area contributed by atoms with Crippen LogP contribution in [0.4, 0.5) is 5.69 Å². The van der Waals surface area contributed by atoms with Gasteiger partial charge in [0.05, 0.1) is 16.8 Å². The van der Waals surface area contributed by atoms with Gasteiger partial charge in [0, 0.05) is 11.8 Å². The summed E-state index contributed by atoms with van der Waals surface area (Å²) in [5.74, 6) is 0.277. The number of hydrogen-bond acceptors (Lipinski definition) is 3. The van der Waals surface area contributed by atoms with Crippen molar-refractivity contribution in [3.05, 3.63) is 64.9 Å². The number of fused-ring (bicyclic) bond motifs is 2. The van der Waals surface area contributed by atoms with Gasteiger partial charge in [-0.1, -0.05) is 31.2 Å². The number of amides is 2. The molecule has 0 atom stereocenters. The van der Waals surface area contributed by atoms with Crippen LogP contribution in [0.25, 0.3) is 11.0 Å². The van der Waals surface area contributed by atoms with Crippen LogP contribution in [0, 0.1) is 6.92 Å². The maximum Gasteiger partial charge on any atom is 0.266 e. The smallest absolute Gasteiger partial charge is 0.266 e. The molecule has 0 saturated heterocycles. The van der Waals surface area contributed by atoms with Crippen molar-refractivity contribution in [2.45, 2.75) is 20.3 Å². The fourth-order valence-electron chi connectivity index (χ4n) is 3.20. The van der Waals surface area contributed by atoms with Crippen molar-refractivity contribution in [1.82, 2.24) is 0 Å². The highest BCUT2D eigenvalue weighted by atomic mass is 16.3. The standard InChI is InChI=1S/C19H15NO3/c1-3-16-11(2)12-9-6-10-15(17(12)23-16)20-18(21)13-7-4-5-8-14(13)19(20)22/h4-10H,3H2,1-2H3. The van der Waals surface area contributed by atoms with E-state index in [4.69, 9.17) is 4.42 Å². The molecule has 4 rings (SSSR count). The first kappa shape index (κ1) is 13.8. The summed E-state index contributed by atoms with van der Waals surface area (Å²) in [6.07, 6.45) is 0.766. The van der Waals surface area contributed by atoms with Gasteiger partial charge in [-0.3, -0.25) is 9.59 Å². The van der Waals surface area contributed by atoms with Gasteiger partial charge in [-0.2, -0.15) is 0 Å². The Kier molecular flexibility index (Phi) is 2.88. The maximum absolute atomic E-state index is 12.7. The summed E-state index contributed by atoms with van der Waals surface area (Å²) in [7, 11) is 0. The molecule has 1 aliphatic heterocycles. The van der Waals surface area contributed by atoms with Gasteiger partial charge in [-0.15, -0.1) is 0 Å². The Hall–Kier alpha value is -2.88. The van der Waals surface area contributed by atoms with Crippen molar-refractivity contribution in [2.75, 3.05) is 4.90 Å². The van der Waals surface area contributed by atoms with E-state index < -0.39 is 0 Å². The maximum atomic E-state index is 12.7. The number of rotatable bonds is 2. The lowest BCUT2D eigenvalue weighted by Crippen LogP contribution is -2.29. The van der Waals surface area contributed by atoms with Gasteiger partial charge in [0.1, 0.15) is 5.76 Å². The number of carbonyl (C=O) groups is 2. The minimum atomic E-state index is -0.301. The predicted molar refractivity (Wildman–Crippen MR) is 87.9 cm³/mol. The van der Waals surface area contributed by atoms with E-state index >= 15 is 0 Å². The fourth-order valence-corrected chi connectivity index (χ4v) is 3.20. The Labute approximate surface area is 133 Å². The summed E-state index contributed by atoms with van der Waals surface area (Å²) in [5.41, 5.74) is 3.04. The predicted octanol–water partition coefficient (Wildman–Crippen LogP) is 4.10. The molecule has 0 spiro atoms. The Morgan fingerprint density at radius 3 is 2.22 bits per heavy atom. The molecule has 3 aromatic rings. The fraction of sp³-hybridized carbons (Fsp3) is 0.158. The van der Waals surface area contributed by atoms with E-state index in [9.17, 15) is 9.59 Å². The van der Waals surface area contributed by atoms with Gasteiger partial charge in [0.2, 0.25) is 0 Å². The van der Waals surface area contributed by atoms with Crippen LogP contribution in [0.5, 0.6) is 0 Å². The van der Waals surface area contributed by atoms with Crippen LogP contribution < -0.4 is 4.90 Å². The van der Waals surface area contributed by atoms with Crippen molar-refractivity contribution in [2.24, 2.45) is 0 Å². The summed E-state index contributed by atoms with van der Waals surface area (Å²) < 4.78 is 5.94.